The van der Waals surface area contributed by atoms with Crippen LogP contribution >= 0.6 is 0 Å². The number of rotatable bonds is 3. The number of carbonyl (C=O) groups is 1. The largest absolute Gasteiger partial charge is 0.478 e. The van der Waals surface area contributed by atoms with Crippen LogP contribution in [0, 0.1) is 25.7 Å². The molecule has 0 spiro atoms. The average molecular weight is 205 g/mol. The van der Waals surface area contributed by atoms with Gasteiger partial charge in [-0.15, -0.1) is 11.8 Å². The van der Waals surface area contributed by atoms with E-state index in [1.165, 1.54) is 0 Å². The second-order valence-electron chi connectivity index (χ2n) is 3.42. The van der Waals surface area contributed by atoms with E-state index in [2.05, 4.69) is 11.8 Å². The number of hydrogen-bond acceptors (Lipinski definition) is 1. The van der Waals surface area contributed by atoms with Crippen LogP contribution in [0.15, 0.2) is 6.07 Å². The van der Waals surface area contributed by atoms with E-state index in [-0.39, 0.29) is 0 Å². The van der Waals surface area contributed by atoms with Gasteiger partial charge in [-0.05, 0) is 26.8 Å². The molecule has 0 radical (unpaired) electrons. The van der Waals surface area contributed by atoms with Crippen LogP contribution in [0.2, 0.25) is 0 Å². The van der Waals surface area contributed by atoms with Crippen LogP contribution in [-0.4, -0.2) is 15.6 Å². The fourth-order valence-electron chi connectivity index (χ4n) is 1.65. The molecule has 0 aliphatic rings. The molecule has 1 aromatic heterocycles. The minimum absolute atomic E-state index is 0.386. The molecule has 0 atom stereocenters. The Morgan fingerprint density at radius 2 is 2.20 bits per heavy atom. The first kappa shape index (κ1) is 11.4. The van der Waals surface area contributed by atoms with E-state index in [9.17, 15) is 4.79 Å². The minimum atomic E-state index is -0.865. The first-order valence-corrected chi connectivity index (χ1v) is 4.87. The van der Waals surface area contributed by atoms with Crippen molar-refractivity contribution in [3.8, 4) is 11.8 Å². The van der Waals surface area contributed by atoms with Gasteiger partial charge in [-0.2, -0.15) is 0 Å². The summed E-state index contributed by atoms with van der Waals surface area (Å²) in [6.07, 6.45) is 0.756. The Balaban J connectivity index is 2.96. The third-order valence-electron chi connectivity index (χ3n) is 2.44. The highest BCUT2D eigenvalue weighted by atomic mass is 16.4. The predicted octanol–water partition coefficient (Wildman–Crippen LogP) is 2.22. The molecule has 0 bridgehead atoms. The molecule has 3 nitrogen and oxygen atoms in total. The van der Waals surface area contributed by atoms with Crippen molar-refractivity contribution in [2.24, 2.45) is 0 Å². The molecule has 0 aliphatic heterocycles. The molecule has 0 aliphatic carbocycles. The van der Waals surface area contributed by atoms with E-state index in [0.29, 0.717) is 5.56 Å². The monoisotopic (exact) mass is 205 g/mol. The summed E-state index contributed by atoms with van der Waals surface area (Å²) in [6, 6.07) is 1.71. The molecule has 0 amide bonds. The van der Waals surface area contributed by atoms with Gasteiger partial charge in [-0.3, -0.25) is 0 Å². The predicted molar refractivity (Wildman–Crippen MR) is 58.9 cm³/mol. The first-order valence-electron chi connectivity index (χ1n) is 4.87. The highest BCUT2D eigenvalue weighted by Gasteiger charge is 2.13. The standard InChI is InChI=1S/C12H15NO2/c1-4-5-6-7-13-9(2)8-11(10(13)3)12(14)15/h8H,6-7H2,1-3H3,(H,14,15). The van der Waals surface area contributed by atoms with Crippen LogP contribution in [0.1, 0.15) is 35.1 Å². The Bertz CT molecular complexity index is 432. The lowest BCUT2D eigenvalue weighted by atomic mass is 10.2. The maximum atomic E-state index is 10.9. The molecule has 80 valence electrons. The van der Waals surface area contributed by atoms with Crippen LogP contribution in [0.25, 0.3) is 0 Å². The number of carboxylic acids is 1. The highest BCUT2D eigenvalue weighted by Crippen LogP contribution is 2.15. The quantitative estimate of drug-likeness (QED) is 0.769. The van der Waals surface area contributed by atoms with Gasteiger partial charge in [0.25, 0.3) is 0 Å². The second-order valence-corrected chi connectivity index (χ2v) is 3.42. The summed E-state index contributed by atoms with van der Waals surface area (Å²) in [4.78, 5) is 10.9. The topological polar surface area (TPSA) is 42.2 Å². The molecule has 1 aromatic rings. The van der Waals surface area contributed by atoms with Gasteiger partial charge in [0.05, 0.1) is 5.56 Å². The summed E-state index contributed by atoms with van der Waals surface area (Å²) in [5.41, 5.74) is 2.16. The SMILES string of the molecule is CC#CCCn1c(C)cc(C(=O)O)c1C. The van der Waals surface area contributed by atoms with Crippen molar-refractivity contribution in [3.63, 3.8) is 0 Å². The summed E-state index contributed by atoms with van der Waals surface area (Å²) in [7, 11) is 0. The van der Waals surface area contributed by atoms with Gasteiger partial charge in [0.15, 0.2) is 0 Å². The molecule has 0 fully saturated rings. The van der Waals surface area contributed by atoms with Crippen LogP contribution < -0.4 is 0 Å². The zero-order valence-corrected chi connectivity index (χ0v) is 9.29. The van der Waals surface area contributed by atoms with E-state index < -0.39 is 5.97 Å². The van der Waals surface area contributed by atoms with E-state index in [1.54, 1.807) is 13.0 Å². The van der Waals surface area contributed by atoms with Crippen LogP contribution in [0.4, 0.5) is 0 Å². The Labute approximate surface area is 89.7 Å². The van der Waals surface area contributed by atoms with E-state index in [4.69, 9.17) is 5.11 Å². The molecule has 1 N–H and O–H groups in total. The molecule has 3 heteroatoms. The summed E-state index contributed by atoms with van der Waals surface area (Å²) >= 11 is 0. The lowest BCUT2D eigenvalue weighted by Crippen LogP contribution is -2.04. The number of carboxylic acid groups (broad SMARTS) is 1. The average Bonchev–Trinajstić information content (AvgIpc) is 2.45. The highest BCUT2D eigenvalue weighted by molar-refractivity contribution is 5.89. The Kier molecular flexibility index (Phi) is 3.56. The second kappa shape index (κ2) is 4.70. The Morgan fingerprint density at radius 1 is 1.53 bits per heavy atom. The maximum Gasteiger partial charge on any atom is 0.337 e. The van der Waals surface area contributed by atoms with Gasteiger partial charge in [-0.25, -0.2) is 4.79 Å². The first-order chi connectivity index (χ1) is 7.07. The number of hydrogen-bond donors (Lipinski definition) is 1. The van der Waals surface area contributed by atoms with E-state index >= 15 is 0 Å². The van der Waals surface area contributed by atoms with Crippen molar-refractivity contribution in [2.75, 3.05) is 0 Å². The number of aryl methyl sites for hydroxylation is 1. The Hall–Kier alpha value is -1.69. The van der Waals surface area contributed by atoms with E-state index in [0.717, 1.165) is 24.4 Å². The number of nitrogens with zero attached hydrogens (tertiary/aromatic N) is 1. The van der Waals surface area contributed by atoms with E-state index in [1.807, 2.05) is 18.4 Å². The zero-order valence-electron chi connectivity index (χ0n) is 9.29. The summed E-state index contributed by atoms with van der Waals surface area (Å²) in [6.45, 7) is 6.30. The fraction of sp³-hybridized carbons (Fsp3) is 0.417. The molecule has 0 saturated carbocycles. The van der Waals surface area contributed by atoms with Crippen molar-refractivity contribution >= 4 is 5.97 Å². The van der Waals surface area contributed by atoms with Gasteiger partial charge < -0.3 is 9.67 Å². The molecular formula is C12H15NO2. The van der Waals surface area contributed by atoms with Crippen molar-refractivity contribution < 1.29 is 9.90 Å². The van der Waals surface area contributed by atoms with Gasteiger partial charge in [0.2, 0.25) is 0 Å². The van der Waals surface area contributed by atoms with Gasteiger partial charge in [0.1, 0.15) is 0 Å². The molecule has 0 aromatic carbocycles. The van der Waals surface area contributed by atoms with Crippen molar-refractivity contribution in [1.82, 2.24) is 4.57 Å². The van der Waals surface area contributed by atoms with Gasteiger partial charge in [0, 0.05) is 24.4 Å². The lowest BCUT2D eigenvalue weighted by molar-refractivity contribution is 0.0696. The number of aromatic nitrogens is 1. The molecule has 1 rings (SSSR count). The third-order valence-corrected chi connectivity index (χ3v) is 2.44. The number of aromatic carboxylic acids is 1. The molecule has 1 heterocycles. The van der Waals surface area contributed by atoms with Crippen LogP contribution in [-0.2, 0) is 6.54 Å². The van der Waals surface area contributed by atoms with Crippen molar-refractivity contribution in [2.45, 2.75) is 33.7 Å². The fourth-order valence-corrected chi connectivity index (χ4v) is 1.65. The van der Waals surface area contributed by atoms with Crippen molar-refractivity contribution in [3.05, 3.63) is 23.0 Å². The van der Waals surface area contributed by atoms with Gasteiger partial charge >= 0.3 is 5.97 Å². The summed E-state index contributed by atoms with van der Waals surface area (Å²) < 4.78 is 1.99. The molecule has 0 unspecified atom stereocenters. The molecule has 0 saturated heterocycles. The van der Waals surface area contributed by atoms with Crippen LogP contribution in [0.3, 0.4) is 0 Å². The molecular weight excluding hydrogens is 190 g/mol. The minimum Gasteiger partial charge on any atom is -0.478 e. The lowest BCUT2D eigenvalue weighted by Gasteiger charge is -2.06. The van der Waals surface area contributed by atoms with Gasteiger partial charge in [-0.1, -0.05) is 0 Å². The Morgan fingerprint density at radius 3 is 2.67 bits per heavy atom. The normalized spacial score (nSPS) is 9.53. The van der Waals surface area contributed by atoms with Crippen molar-refractivity contribution in [1.29, 1.82) is 0 Å². The van der Waals surface area contributed by atoms with Crippen LogP contribution in [0.5, 0.6) is 0 Å². The third kappa shape index (κ3) is 2.41. The summed E-state index contributed by atoms with van der Waals surface area (Å²) in [5, 5.41) is 8.93. The zero-order chi connectivity index (χ0) is 11.4. The molecule has 15 heavy (non-hydrogen) atoms. The summed E-state index contributed by atoms with van der Waals surface area (Å²) in [5.74, 6) is 4.93. The maximum absolute atomic E-state index is 10.9. The smallest absolute Gasteiger partial charge is 0.337 e.